The zero-order chi connectivity index (χ0) is 23.1. The second kappa shape index (κ2) is 8.41. The summed E-state index contributed by atoms with van der Waals surface area (Å²) in [6.45, 7) is 1.84. The van der Waals surface area contributed by atoms with Crippen LogP contribution in [-0.2, 0) is 0 Å². The van der Waals surface area contributed by atoms with Crippen molar-refractivity contribution in [3.8, 4) is 16.3 Å². The summed E-state index contributed by atoms with van der Waals surface area (Å²) in [5.74, 6) is -0.540. The van der Waals surface area contributed by atoms with E-state index in [1.165, 1.54) is 23.7 Å². The van der Waals surface area contributed by atoms with E-state index in [0.29, 0.717) is 21.5 Å². The van der Waals surface area contributed by atoms with Crippen molar-refractivity contribution < 1.29 is 13.6 Å². The van der Waals surface area contributed by atoms with Gasteiger partial charge < -0.3 is 0 Å². The van der Waals surface area contributed by atoms with E-state index in [-0.39, 0.29) is 29.4 Å². The molecule has 0 amide bonds. The Morgan fingerprint density at radius 1 is 1.30 bits per heavy atom. The third kappa shape index (κ3) is 3.89. The lowest BCUT2D eigenvalue weighted by molar-refractivity contribution is 0.0974. The van der Waals surface area contributed by atoms with Crippen molar-refractivity contribution in [3.63, 3.8) is 0 Å². The topological polar surface area (TPSA) is 120 Å². The van der Waals surface area contributed by atoms with Gasteiger partial charge in [-0.3, -0.25) is 14.3 Å². The van der Waals surface area contributed by atoms with E-state index in [4.69, 9.17) is 11.6 Å². The summed E-state index contributed by atoms with van der Waals surface area (Å²) in [6.07, 6.45) is 1.77. The third-order valence-electron chi connectivity index (χ3n) is 5.04. The zero-order valence-corrected chi connectivity index (χ0v) is 18.4. The van der Waals surface area contributed by atoms with Crippen LogP contribution in [-0.4, -0.2) is 50.6 Å². The number of carbonyl (C=O) groups is 1. The fourth-order valence-electron chi connectivity index (χ4n) is 3.46. The maximum atomic E-state index is 13.5. The highest BCUT2D eigenvalue weighted by Crippen LogP contribution is 2.33. The largest absolute Gasteiger partial charge is 0.299 e. The van der Waals surface area contributed by atoms with Crippen LogP contribution in [0.1, 0.15) is 47.7 Å². The first-order valence-electron chi connectivity index (χ1n) is 9.64. The number of hydrogen-bond donors (Lipinski definition) is 1. The number of thiophene rings is 1. The van der Waals surface area contributed by atoms with Crippen LogP contribution in [0.2, 0.25) is 4.34 Å². The maximum Gasteiger partial charge on any atom is 0.299 e. The van der Waals surface area contributed by atoms with Crippen molar-refractivity contribution in [2.24, 2.45) is 0 Å². The average molecular weight is 490 g/mol. The lowest BCUT2D eigenvalue weighted by Gasteiger charge is -2.12. The molecule has 5 heterocycles. The molecule has 0 bridgehead atoms. The van der Waals surface area contributed by atoms with Gasteiger partial charge in [0.15, 0.2) is 11.4 Å². The van der Waals surface area contributed by atoms with Crippen LogP contribution < -0.4 is 0 Å². The van der Waals surface area contributed by atoms with E-state index in [1.54, 1.807) is 22.9 Å². The molecule has 1 atom stereocenters. The molecule has 0 spiro atoms. The summed E-state index contributed by atoms with van der Waals surface area (Å²) in [4.78, 5) is 22.5. The van der Waals surface area contributed by atoms with Crippen molar-refractivity contribution in [2.45, 2.75) is 25.7 Å². The van der Waals surface area contributed by atoms with Gasteiger partial charge in [-0.1, -0.05) is 18.5 Å². The number of halogens is 3. The number of Topliss-reactive ketones (excluding diaryl/α,β-unsaturated/α-hetero) is 1. The highest BCUT2D eigenvalue weighted by Gasteiger charge is 2.24. The van der Waals surface area contributed by atoms with Gasteiger partial charge in [0.2, 0.25) is 5.82 Å². The highest BCUT2D eigenvalue weighted by molar-refractivity contribution is 7.19. The summed E-state index contributed by atoms with van der Waals surface area (Å²) < 4.78 is 30.2. The number of alkyl halides is 2. The molecular formula is C19H14ClF2N9OS. The van der Waals surface area contributed by atoms with E-state index in [9.17, 15) is 13.6 Å². The first kappa shape index (κ1) is 21.3. The molecule has 0 fully saturated rings. The predicted octanol–water partition coefficient (Wildman–Crippen LogP) is 4.12. The molecule has 0 aliphatic rings. The molecule has 168 valence electrons. The Bertz CT molecular complexity index is 1440. The normalized spacial score (nSPS) is 12.6. The molecule has 0 saturated heterocycles. The number of rotatable bonds is 7. The van der Waals surface area contributed by atoms with E-state index in [1.807, 2.05) is 13.0 Å². The summed E-state index contributed by atoms with van der Waals surface area (Å²) in [5, 5.41) is 17.1. The van der Waals surface area contributed by atoms with Gasteiger partial charge in [-0.05, 0) is 28.6 Å². The minimum absolute atomic E-state index is 0.117. The minimum atomic E-state index is -2.92. The van der Waals surface area contributed by atoms with Gasteiger partial charge in [-0.25, -0.2) is 18.7 Å². The Hall–Kier alpha value is -3.58. The standard InChI is InChI=1S/C19H14ClF2N9OS/c1-9(17-24-8-25-26-17)4-13(32)10-5-11(31-19(16(21)22)27-28-29-31)18-23-6-12(30(18)7-10)14-2-3-15(20)33-14/h2-3,5-9,16H,4H2,1H3,(H,24,25,26)/t9-/m1/s1. The van der Waals surface area contributed by atoms with E-state index in [0.717, 1.165) is 9.56 Å². The first-order chi connectivity index (χ1) is 15.9. The SMILES string of the molecule is C[C@H](CC(=O)c1cc(-n2nnnc2C(F)F)c2ncc(-c3ccc(Cl)s3)n2c1)c1ncn[nH]1. The number of pyridine rings is 1. The summed E-state index contributed by atoms with van der Waals surface area (Å²) in [5.41, 5.74) is 1.39. The Morgan fingerprint density at radius 2 is 2.15 bits per heavy atom. The van der Waals surface area contributed by atoms with Gasteiger partial charge in [-0.2, -0.15) is 9.78 Å². The quantitative estimate of drug-likeness (QED) is 0.341. The number of tetrazole rings is 1. The number of nitrogens with zero attached hydrogens (tertiary/aromatic N) is 8. The Labute approximate surface area is 193 Å². The molecule has 0 aliphatic carbocycles. The van der Waals surface area contributed by atoms with E-state index in [2.05, 4.69) is 35.7 Å². The lowest BCUT2D eigenvalue weighted by atomic mass is 10.00. The molecule has 0 aliphatic heterocycles. The number of nitrogens with one attached hydrogen (secondary N) is 1. The molecule has 33 heavy (non-hydrogen) atoms. The third-order valence-corrected chi connectivity index (χ3v) is 6.30. The molecule has 5 aromatic heterocycles. The zero-order valence-electron chi connectivity index (χ0n) is 16.9. The van der Waals surface area contributed by atoms with Crippen molar-refractivity contribution >= 4 is 34.4 Å². The number of carbonyl (C=O) groups excluding carboxylic acids is 1. The van der Waals surface area contributed by atoms with Crippen molar-refractivity contribution in [3.05, 3.63) is 58.5 Å². The molecule has 10 nitrogen and oxygen atoms in total. The van der Waals surface area contributed by atoms with Crippen molar-refractivity contribution in [2.75, 3.05) is 0 Å². The number of fused-ring (bicyclic) bond motifs is 1. The number of imidazole rings is 1. The smallest absolute Gasteiger partial charge is 0.296 e. The van der Waals surface area contributed by atoms with Crippen LogP contribution >= 0.6 is 22.9 Å². The Balaban J connectivity index is 1.66. The van der Waals surface area contributed by atoms with Crippen LogP contribution in [0.25, 0.3) is 21.9 Å². The van der Waals surface area contributed by atoms with Crippen LogP contribution in [0.5, 0.6) is 0 Å². The lowest BCUT2D eigenvalue weighted by Crippen LogP contribution is -2.11. The van der Waals surface area contributed by atoms with Gasteiger partial charge in [0, 0.05) is 24.1 Å². The van der Waals surface area contributed by atoms with Gasteiger partial charge in [0.1, 0.15) is 17.8 Å². The second-order valence-electron chi connectivity index (χ2n) is 7.20. The Morgan fingerprint density at radius 3 is 2.85 bits per heavy atom. The Kier molecular flexibility index (Phi) is 5.42. The van der Waals surface area contributed by atoms with E-state index >= 15 is 0 Å². The molecule has 14 heteroatoms. The second-order valence-corrected chi connectivity index (χ2v) is 8.92. The molecule has 0 aromatic carbocycles. The number of aromatic nitrogens is 9. The molecule has 5 aromatic rings. The molecule has 0 saturated carbocycles. The van der Waals surface area contributed by atoms with E-state index < -0.39 is 12.2 Å². The fraction of sp³-hybridized carbons (Fsp3) is 0.211. The molecular weight excluding hydrogens is 476 g/mol. The van der Waals surface area contributed by atoms with Crippen LogP contribution in [0.4, 0.5) is 8.78 Å². The summed E-state index contributed by atoms with van der Waals surface area (Å²) >= 11 is 7.42. The molecule has 1 N–H and O–H groups in total. The fourth-order valence-corrected chi connectivity index (χ4v) is 4.51. The van der Waals surface area contributed by atoms with Crippen molar-refractivity contribution in [1.82, 2.24) is 44.8 Å². The average Bonchev–Trinajstić information content (AvgIpc) is 3.59. The maximum absolute atomic E-state index is 13.5. The molecule has 5 rings (SSSR count). The first-order valence-corrected chi connectivity index (χ1v) is 10.8. The monoisotopic (exact) mass is 489 g/mol. The minimum Gasteiger partial charge on any atom is -0.296 e. The van der Waals surface area contributed by atoms with Gasteiger partial charge in [-0.15, -0.1) is 16.4 Å². The number of ketones is 1. The summed E-state index contributed by atoms with van der Waals surface area (Å²) in [7, 11) is 0. The van der Waals surface area contributed by atoms with Gasteiger partial charge in [0.25, 0.3) is 6.43 Å². The van der Waals surface area contributed by atoms with Gasteiger partial charge in [0.05, 0.1) is 21.1 Å². The van der Waals surface area contributed by atoms with Crippen LogP contribution in [0.3, 0.4) is 0 Å². The molecule has 0 radical (unpaired) electrons. The molecule has 0 unspecified atom stereocenters. The number of hydrogen-bond acceptors (Lipinski definition) is 8. The summed E-state index contributed by atoms with van der Waals surface area (Å²) in [6, 6.07) is 5.02. The predicted molar refractivity (Wildman–Crippen MR) is 115 cm³/mol. The van der Waals surface area contributed by atoms with Gasteiger partial charge >= 0.3 is 0 Å². The number of aromatic amines is 1. The van der Waals surface area contributed by atoms with Crippen LogP contribution in [0.15, 0.2) is 36.9 Å². The van der Waals surface area contributed by atoms with Crippen LogP contribution in [0, 0.1) is 0 Å². The van der Waals surface area contributed by atoms with Crippen molar-refractivity contribution in [1.29, 1.82) is 0 Å². The number of H-pyrrole nitrogens is 1. The highest BCUT2D eigenvalue weighted by atomic mass is 35.5.